The number of rotatable bonds is 2. The van der Waals surface area contributed by atoms with Gasteiger partial charge in [-0.15, -0.1) is 0 Å². The van der Waals surface area contributed by atoms with E-state index in [1.807, 2.05) is 24.3 Å². The van der Waals surface area contributed by atoms with Crippen LogP contribution in [0.25, 0.3) is 0 Å². The van der Waals surface area contributed by atoms with Crippen molar-refractivity contribution in [1.82, 2.24) is 0 Å². The van der Waals surface area contributed by atoms with E-state index in [0.717, 1.165) is 9.79 Å². The Balaban J connectivity index is 2.00. The summed E-state index contributed by atoms with van der Waals surface area (Å²) >= 11 is 1.51. The molecule has 0 saturated carbocycles. The fraction of sp³-hybridized carbons (Fsp3) is 0.125. The maximum atomic E-state index is 12.2. The van der Waals surface area contributed by atoms with Gasteiger partial charge in [0.05, 0.1) is 23.4 Å². The number of carbonyl (C=O) groups is 2. The molecule has 21 heavy (non-hydrogen) atoms. The van der Waals surface area contributed by atoms with Gasteiger partial charge in [-0.1, -0.05) is 23.9 Å². The first-order chi connectivity index (χ1) is 10.2. The first kappa shape index (κ1) is 13.7. The monoisotopic (exact) mass is 299 g/mol. The lowest BCUT2D eigenvalue weighted by atomic mass is 10.2. The van der Waals surface area contributed by atoms with Gasteiger partial charge in [-0.25, -0.2) is 4.79 Å². The summed E-state index contributed by atoms with van der Waals surface area (Å²) in [5, 5.41) is 2.85. The van der Waals surface area contributed by atoms with Gasteiger partial charge in [-0.2, -0.15) is 0 Å². The highest BCUT2D eigenvalue weighted by Crippen LogP contribution is 2.39. The fourth-order valence-electron chi connectivity index (χ4n) is 2.11. The third kappa shape index (κ3) is 2.64. The number of fused-ring (bicyclic) bond motifs is 2. The number of hydrogen-bond acceptors (Lipinski definition) is 4. The van der Waals surface area contributed by atoms with Crippen LogP contribution in [0.15, 0.2) is 52.3 Å². The Bertz CT molecular complexity index is 727. The Morgan fingerprint density at radius 2 is 2.00 bits per heavy atom. The van der Waals surface area contributed by atoms with E-state index in [9.17, 15) is 9.59 Å². The van der Waals surface area contributed by atoms with Gasteiger partial charge in [0.1, 0.15) is 0 Å². The molecule has 2 aromatic rings. The van der Waals surface area contributed by atoms with Crippen molar-refractivity contribution in [2.45, 2.75) is 16.7 Å². The van der Waals surface area contributed by atoms with E-state index in [4.69, 9.17) is 4.74 Å². The van der Waals surface area contributed by atoms with Crippen LogP contribution in [0.1, 0.15) is 27.6 Å². The van der Waals surface area contributed by atoms with Crippen LogP contribution < -0.4 is 5.32 Å². The van der Waals surface area contributed by atoms with Crippen LogP contribution in [-0.2, 0) is 4.74 Å². The van der Waals surface area contributed by atoms with Crippen molar-refractivity contribution in [1.29, 1.82) is 0 Å². The maximum absolute atomic E-state index is 12.2. The van der Waals surface area contributed by atoms with Crippen molar-refractivity contribution < 1.29 is 14.3 Å². The molecular formula is C16H13NO3S. The summed E-state index contributed by atoms with van der Waals surface area (Å²) in [7, 11) is 0. The number of esters is 1. The lowest BCUT2D eigenvalue weighted by Gasteiger charge is -2.08. The number of anilines is 1. The molecule has 0 fully saturated rings. The zero-order valence-electron chi connectivity index (χ0n) is 11.4. The number of ether oxygens (including phenoxy) is 1. The van der Waals surface area contributed by atoms with Gasteiger partial charge in [0.25, 0.3) is 5.91 Å². The Morgan fingerprint density at radius 1 is 1.19 bits per heavy atom. The quantitative estimate of drug-likeness (QED) is 0.861. The maximum Gasteiger partial charge on any atom is 0.338 e. The van der Waals surface area contributed by atoms with Crippen LogP contribution in [0.5, 0.6) is 0 Å². The van der Waals surface area contributed by atoms with Crippen molar-refractivity contribution in [3.05, 3.63) is 53.6 Å². The van der Waals surface area contributed by atoms with Crippen molar-refractivity contribution in [3.63, 3.8) is 0 Å². The van der Waals surface area contributed by atoms with Crippen LogP contribution in [0, 0.1) is 0 Å². The predicted molar refractivity (Wildman–Crippen MR) is 80.9 cm³/mol. The highest BCUT2D eigenvalue weighted by atomic mass is 32.2. The molecule has 4 nitrogen and oxygen atoms in total. The zero-order chi connectivity index (χ0) is 14.8. The number of benzene rings is 2. The van der Waals surface area contributed by atoms with E-state index < -0.39 is 0 Å². The molecule has 1 aliphatic rings. The highest BCUT2D eigenvalue weighted by molar-refractivity contribution is 7.99. The molecule has 1 aliphatic heterocycles. The Morgan fingerprint density at radius 3 is 2.81 bits per heavy atom. The summed E-state index contributed by atoms with van der Waals surface area (Å²) in [4.78, 5) is 25.8. The molecule has 5 heteroatoms. The van der Waals surface area contributed by atoms with Gasteiger partial charge in [-0.3, -0.25) is 4.79 Å². The van der Waals surface area contributed by atoms with Gasteiger partial charge >= 0.3 is 5.97 Å². The normalized spacial score (nSPS) is 12.7. The van der Waals surface area contributed by atoms with E-state index >= 15 is 0 Å². The smallest absolute Gasteiger partial charge is 0.338 e. The zero-order valence-corrected chi connectivity index (χ0v) is 12.2. The van der Waals surface area contributed by atoms with E-state index in [0.29, 0.717) is 23.4 Å². The minimum atomic E-state index is -0.388. The summed E-state index contributed by atoms with van der Waals surface area (Å²) in [6.07, 6.45) is 0. The van der Waals surface area contributed by atoms with Crippen LogP contribution in [0.2, 0.25) is 0 Å². The Labute approximate surface area is 126 Å². The third-order valence-electron chi connectivity index (χ3n) is 3.09. The predicted octanol–water partition coefficient (Wildman–Crippen LogP) is 3.58. The van der Waals surface area contributed by atoms with Crippen molar-refractivity contribution in [2.75, 3.05) is 11.9 Å². The largest absolute Gasteiger partial charge is 0.462 e. The summed E-state index contributed by atoms with van der Waals surface area (Å²) in [5.41, 5.74) is 1.70. The van der Waals surface area contributed by atoms with Crippen LogP contribution in [0.4, 0.5) is 5.69 Å². The number of amides is 1. The minimum Gasteiger partial charge on any atom is -0.462 e. The first-order valence-corrected chi connectivity index (χ1v) is 7.40. The molecule has 1 heterocycles. The summed E-state index contributed by atoms with van der Waals surface area (Å²) in [6.45, 7) is 2.08. The number of nitrogens with one attached hydrogen (secondary N) is 1. The van der Waals surface area contributed by atoms with Gasteiger partial charge in [0.2, 0.25) is 0 Å². The molecule has 106 valence electrons. The van der Waals surface area contributed by atoms with E-state index in [2.05, 4.69) is 5.32 Å². The molecule has 0 unspecified atom stereocenters. The van der Waals surface area contributed by atoms with Crippen LogP contribution in [-0.4, -0.2) is 18.5 Å². The molecule has 1 N–H and O–H groups in total. The fourth-order valence-corrected chi connectivity index (χ4v) is 3.12. The highest BCUT2D eigenvalue weighted by Gasteiger charge is 2.20. The van der Waals surface area contributed by atoms with Crippen LogP contribution in [0.3, 0.4) is 0 Å². The lowest BCUT2D eigenvalue weighted by Crippen LogP contribution is -2.12. The molecule has 2 aromatic carbocycles. The molecule has 0 atom stereocenters. The molecule has 3 rings (SSSR count). The lowest BCUT2D eigenvalue weighted by molar-refractivity contribution is 0.0526. The average Bonchev–Trinajstić information content (AvgIpc) is 2.63. The number of hydrogen-bond donors (Lipinski definition) is 1. The number of carbonyl (C=O) groups excluding carboxylic acids is 2. The summed E-state index contributed by atoms with van der Waals surface area (Å²) < 4.78 is 4.98. The van der Waals surface area contributed by atoms with E-state index in [-0.39, 0.29) is 11.9 Å². The van der Waals surface area contributed by atoms with E-state index in [1.54, 1.807) is 25.1 Å². The van der Waals surface area contributed by atoms with Gasteiger partial charge in [0, 0.05) is 9.79 Å². The molecule has 0 aromatic heterocycles. The SMILES string of the molecule is CCOC(=O)c1ccc2c(c1)NC(=O)c1ccccc1S2. The topological polar surface area (TPSA) is 55.4 Å². The molecular weight excluding hydrogens is 286 g/mol. The van der Waals surface area contributed by atoms with E-state index in [1.165, 1.54) is 11.8 Å². The van der Waals surface area contributed by atoms with Crippen LogP contribution >= 0.6 is 11.8 Å². The van der Waals surface area contributed by atoms with Gasteiger partial charge in [-0.05, 0) is 37.3 Å². The Kier molecular flexibility index (Phi) is 3.66. The summed E-state index contributed by atoms with van der Waals surface area (Å²) in [6, 6.07) is 12.6. The van der Waals surface area contributed by atoms with Crippen molar-refractivity contribution in [3.8, 4) is 0 Å². The molecule has 0 bridgehead atoms. The first-order valence-electron chi connectivity index (χ1n) is 6.58. The summed E-state index contributed by atoms with van der Waals surface area (Å²) in [5.74, 6) is -0.556. The second kappa shape index (κ2) is 5.61. The Hall–Kier alpha value is -2.27. The second-order valence-corrected chi connectivity index (χ2v) is 5.57. The standard InChI is InChI=1S/C16H13NO3S/c1-2-20-16(19)10-7-8-14-12(9-10)17-15(18)11-5-3-4-6-13(11)21-14/h3-9H,2H2,1H3,(H,17,18). The average molecular weight is 299 g/mol. The molecule has 1 amide bonds. The molecule has 0 spiro atoms. The van der Waals surface area contributed by atoms with Gasteiger partial charge in [0.15, 0.2) is 0 Å². The third-order valence-corrected chi connectivity index (χ3v) is 4.24. The molecule has 0 radical (unpaired) electrons. The molecule has 0 saturated heterocycles. The van der Waals surface area contributed by atoms with Gasteiger partial charge < -0.3 is 10.1 Å². The second-order valence-electron chi connectivity index (χ2n) is 4.48. The van der Waals surface area contributed by atoms with Crippen molar-refractivity contribution >= 4 is 29.3 Å². The minimum absolute atomic E-state index is 0.169. The van der Waals surface area contributed by atoms with Crippen molar-refractivity contribution in [2.24, 2.45) is 0 Å². The molecule has 0 aliphatic carbocycles.